The molecule has 0 saturated carbocycles. The minimum atomic E-state index is -0.992. The molecule has 0 saturated heterocycles. The molecule has 0 radical (unpaired) electrons. The van der Waals surface area contributed by atoms with Crippen molar-refractivity contribution in [3.63, 3.8) is 0 Å². The van der Waals surface area contributed by atoms with E-state index in [0.29, 0.717) is 0 Å². The van der Waals surface area contributed by atoms with Gasteiger partial charge in [-0.2, -0.15) is 0 Å². The van der Waals surface area contributed by atoms with E-state index in [-0.39, 0.29) is 23.7 Å². The van der Waals surface area contributed by atoms with Crippen LogP contribution in [-0.2, 0) is 4.79 Å². The maximum Gasteiger partial charge on any atom is 0.317 e. The lowest BCUT2D eigenvalue weighted by Crippen LogP contribution is -2.38. The highest BCUT2D eigenvalue weighted by Gasteiger charge is 2.24. The third-order valence-corrected chi connectivity index (χ3v) is 3.21. The predicted octanol–water partition coefficient (Wildman–Crippen LogP) is 3.13. The lowest BCUT2D eigenvalue weighted by Gasteiger charge is -2.31. The molecule has 1 aromatic rings. The fraction of sp³-hybridized carbons (Fsp3) is 0.500. The molecule has 0 amide bonds. The van der Waals surface area contributed by atoms with Gasteiger partial charge in [-0.1, -0.05) is 0 Å². The smallest absolute Gasteiger partial charge is 0.317 e. The van der Waals surface area contributed by atoms with Crippen molar-refractivity contribution < 1.29 is 18.7 Å². The van der Waals surface area contributed by atoms with Crippen LogP contribution in [0.15, 0.2) is 12.1 Å². The quantitative estimate of drug-likeness (QED) is 0.894. The van der Waals surface area contributed by atoms with E-state index in [9.17, 15) is 13.6 Å². The Morgan fingerprint density at radius 2 is 1.84 bits per heavy atom. The number of hydrogen-bond acceptors (Lipinski definition) is 2. The summed E-state index contributed by atoms with van der Waals surface area (Å²) < 4.78 is 27.4. The Morgan fingerprint density at radius 3 is 2.32 bits per heavy atom. The first-order chi connectivity index (χ1) is 8.73. The third kappa shape index (κ3) is 3.73. The Hall–Kier alpha value is -1.49. The van der Waals surface area contributed by atoms with E-state index in [2.05, 4.69) is 0 Å². The van der Waals surface area contributed by atoms with Gasteiger partial charge in [0.2, 0.25) is 0 Å². The van der Waals surface area contributed by atoms with Gasteiger partial charge < -0.3 is 5.11 Å². The summed E-state index contributed by atoms with van der Waals surface area (Å²) in [4.78, 5) is 12.5. The number of carboxylic acid groups (broad SMARTS) is 1. The van der Waals surface area contributed by atoms with E-state index < -0.39 is 23.6 Å². The second kappa shape index (κ2) is 6.10. The number of carboxylic acids is 1. The van der Waals surface area contributed by atoms with Gasteiger partial charge >= 0.3 is 5.97 Å². The number of carbonyl (C=O) groups is 1. The molecule has 106 valence electrons. The van der Waals surface area contributed by atoms with Crippen molar-refractivity contribution in [2.45, 2.75) is 39.8 Å². The highest BCUT2D eigenvalue weighted by Crippen LogP contribution is 2.26. The van der Waals surface area contributed by atoms with Gasteiger partial charge in [-0.15, -0.1) is 0 Å². The Labute approximate surface area is 111 Å². The van der Waals surface area contributed by atoms with Gasteiger partial charge in [-0.05, 0) is 45.4 Å². The van der Waals surface area contributed by atoms with E-state index in [0.717, 1.165) is 12.1 Å². The zero-order chi connectivity index (χ0) is 14.7. The van der Waals surface area contributed by atoms with E-state index in [1.54, 1.807) is 11.8 Å². The normalized spacial score (nSPS) is 13.1. The number of aryl methyl sites for hydroxylation is 1. The summed E-state index contributed by atoms with van der Waals surface area (Å²) in [7, 11) is 0. The minimum Gasteiger partial charge on any atom is -0.480 e. The maximum atomic E-state index is 13.9. The molecule has 0 heterocycles. The summed E-state index contributed by atoms with van der Waals surface area (Å²) in [5, 5.41) is 8.89. The topological polar surface area (TPSA) is 40.5 Å². The summed E-state index contributed by atoms with van der Waals surface area (Å²) in [5.41, 5.74) is 0.417. The molecule has 19 heavy (non-hydrogen) atoms. The largest absolute Gasteiger partial charge is 0.480 e. The first kappa shape index (κ1) is 15.6. The van der Waals surface area contributed by atoms with Gasteiger partial charge in [0.25, 0.3) is 0 Å². The summed E-state index contributed by atoms with van der Waals surface area (Å²) in [5.74, 6) is -1.99. The molecule has 1 rings (SSSR count). The van der Waals surface area contributed by atoms with Crippen LogP contribution in [0.3, 0.4) is 0 Å². The molecule has 0 spiro atoms. The number of aliphatic carboxylic acids is 1. The van der Waals surface area contributed by atoms with Crippen LogP contribution in [-0.4, -0.2) is 28.6 Å². The zero-order valence-corrected chi connectivity index (χ0v) is 11.6. The van der Waals surface area contributed by atoms with Crippen molar-refractivity contribution in [2.75, 3.05) is 6.54 Å². The Balaban J connectivity index is 3.12. The van der Waals surface area contributed by atoms with Crippen LogP contribution in [0.25, 0.3) is 0 Å². The SMILES string of the molecule is Cc1cc(F)c(C(C)N(CC(=O)O)C(C)C)cc1F. The van der Waals surface area contributed by atoms with Crippen LogP contribution < -0.4 is 0 Å². The van der Waals surface area contributed by atoms with E-state index in [1.807, 2.05) is 13.8 Å². The highest BCUT2D eigenvalue weighted by atomic mass is 19.1. The van der Waals surface area contributed by atoms with Gasteiger partial charge in [-0.25, -0.2) is 8.78 Å². The van der Waals surface area contributed by atoms with Crippen molar-refractivity contribution >= 4 is 5.97 Å². The fourth-order valence-corrected chi connectivity index (χ4v) is 2.08. The van der Waals surface area contributed by atoms with Crippen LogP contribution in [0, 0.1) is 18.6 Å². The van der Waals surface area contributed by atoms with Gasteiger partial charge in [0, 0.05) is 17.6 Å². The molecule has 3 nitrogen and oxygen atoms in total. The lowest BCUT2D eigenvalue weighted by molar-refractivity contribution is -0.139. The van der Waals surface area contributed by atoms with Gasteiger partial charge in [0.15, 0.2) is 0 Å². The molecule has 0 aliphatic rings. The van der Waals surface area contributed by atoms with Gasteiger partial charge in [0.05, 0.1) is 6.54 Å². The van der Waals surface area contributed by atoms with E-state index in [4.69, 9.17) is 5.11 Å². The molecule has 1 atom stereocenters. The summed E-state index contributed by atoms with van der Waals surface area (Å²) in [6.45, 7) is 6.60. The average Bonchev–Trinajstić information content (AvgIpc) is 2.29. The molecule has 5 heteroatoms. The van der Waals surface area contributed by atoms with E-state index in [1.165, 1.54) is 6.92 Å². The first-order valence-corrected chi connectivity index (χ1v) is 6.17. The zero-order valence-electron chi connectivity index (χ0n) is 11.6. The second-order valence-corrected chi connectivity index (χ2v) is 4.96. The summed E-state index contributed by atoms with van der Waals surface area (Å²) in [6.07, 6.45) is 0. The lowest BCUT2D eigenvalue weighted by atomic mass is 10.0. The Morgan fingerprint density at radius 1 is 1.26 bits per heavy atom. The standard InChI is InChI=1S/C14H19F2NO2/c1-8(2)17(7-14(18)19)10(4)11-6-12(15)9(3)5-13(11)16/h5-6,8,10H,7H2,1-4H3,(H,18,19). The molecular weight excluding hydrogens is 252 g/mol. The molecule has 0 aromatic heterocycles. The Kier molecular flexibility index (Phi) is 5.00. The predicted molar refractivity (Wildman–Crippen MR) is 69.0 cm³/mol. The van der Waals surface area contributed by atoms with Crippen molar-refractivity contribution in [3.05, 3.63) is 34.9 Å². The molecule has 1 N–H and O–H groups in total. The minimum absolute atomic E-state index is 0.0881. The van der Waals surface area contributed by atoms with Crippen LogP contribution in [0.4, 0.5) is 8.78 Å². The van der Waals surface area contributed by atoms with E-state index >= 15 is 0 Å². The highest BCUT2D eigenvalue weighted by molar-refractivity contribution is 5.69. The summed E-state index contributed by atoms with van der Waals surface area (Å²) >= 11 is 0. The monoisotopic (exact) mass is 271 g/mol. The van der Waals surface area contributed by atoms with Crippen molar-refractivity contribution in [2.24, 2.45) is 0 Å². The van der Waals surface area contributed by atoms with Crippen LogP contribution in [0.2, 0.25) is 0 Å². The molecule has 0 aliphatic carbocycles. The number of nitrogens with zero attached hydrogens (tertiary/aromatic N) is 1. The van der Waals surface area contributed by atoms with Gasteiger partial charge in [0.1, 0.15) is 11.6 Å². The molecular formula is C14H19F2NO2. The third-order valence-electron chi connectivity index (χ3n) is 3.21. The van der Waals surface area contributed by atoms with Crippen LogP contribution >= 0.6 is 0 Å². The maximum absolute atomic E-state index is 13.9. The number of benzene rings is 1. The number of hydrogen-bond donors (Lipinski definition) is 1. The first-order valence-electron chi connectivity index (χ1n) is 6.17. The van der Waals surface area contributed by atoms with Gasteiger partial charge in [-0.3, -0.25) is 9.69 Å². The summed E-state index contributed by atoms with van der Waals surface area (Å²) in [6, 6.07) is 1.69. The molecule has 0 bridgehead atoms. The second-order valence-electron chi connectivity index (χ2n) is 4.96. The molecule has 1 aromatic carbocycles. The number of rotatable bonds is 5. The molecule has 0 fully saturated rings. The fourth-order valence-electron chi connectivity index (χ4n) is 2.08. The van der Waals surface area contributed by atoms with Crippen molar-refractivity contribution in [1.29, 1.82) is 0 Å². The number of halogens is 2. The Bertz CT molecular complexity index is 475. The van der Waals surface area contributed by atoms with Crippen LogP contribution in [0.5, 0.6) is 0 Å². The molecule has 0 aliphatic heterocycles. The average molecular weight is 271 g/mol. The van der Waals surface area contributed by atoms with Crippen molar-refractivity contribution in [3.8, 4) is 0 Å². The molecule has 1 unspecified atom stereocenters. The van der Waals surface area contributed by atoms with Crippen LogP contribution in [0.1, 0.15) is 37.9 Å². The van der Waals surface area contributed by atoms with Crippen molar-refractivity contribution in [1.82, 2.24) is 4.90 Å².